The van der Waals surface area contributed by atoms with Crippen LogP contribution >= 0.6 is 23.4 Å². The number of halogens is 1. The second-order valence-electron chi connectivity index (χ2n) is 8.93. The molecule has 0 atom stereocenters. The molecule has 8 nitrogen and oxygen atoms in total. The molecule has 0 saturated heterocycles. The number of thioether (sulfide) groups is 1. The molecular weight excluding hydrogens is 548 g/mol. The third-order valence-corrected chi connectivity index (χ3v) is 7.63. The van der Waals surface area contributed by atoms with Crippen LogP contribution in [0.3, 0.4) is 0 Å². The van der Waals surface area contributed by atoms with Crippen LogP contribution in [0, 0.1) is 0 Å². The van der Waals surface area contributed by atoms with E-state index in [0.717, 1.165) is 39.4 Å². The number of para-hydroxylation sites is 1. The zero-order chi connectivity index (χ0) is 28.2. The number of aromatic nitrogens is 4. The monoisotopic (exact) mass is 574 g/mol. The highest BCUT2D eigenvalue weighted by Crippen LogP contribution is 2.34. The van der Waals surface area contributed by atoms with Crippen LogP contribution in [0.4, 0.5) is 0 Å². The van der Waals surface area contributed by atoms with Gasteiger partial charge in [-0.25, -0.2) is 4.79 Å². The molecule has 3 aromatic carbocycles. The molecule has 10 heteroatoms. The predicted molar refractivity (Wildman–Crippen MR) is 158 cm³/mol. The average Bonchev–Trinajstić information content (AvgIpc) is 3.53. The molecule has 204 valence electrons. The molecule has 0 fully saturated rings. The molecule has 0 amide bonds. The van der Waals surface area contributed by atoms with Gasteiger partial charge in [0.05, 0.1) is 14.2 Å². The Kier molecular flexibility index (Phi) is 8.14. The van der Waals surface area contributed by atoms with Gasteiger partial charge in [-0.2, -0.15) is 0 Å². The Labute approximate surface area is 240 Å². The van der Waals surface area contributed by atoms with Gasteiger partial charge < -0.3 is 23.7 Å². The number of methoxy groups -OCH3 is 2. The number of benzene rings is 3. The zero-order valence-corrected chi connectivity index (χ0v) is 23.7. The van der Waals surface area contributed by atoms with Gasteiger partial charge in [-0.05, 0) is 60.7 Å². The molecule has 0 radical (unpaired) electrons. The van der Waals surface area contributed by atoms with Crippen LogP contribution < -0.4 is 9.47 Å². The van der Waals surface area contributed by atoms with Gasteiger partial charge in [0, 0.05) is 52.4 Å². The molecule has 0 spiro atoms. The third-order valence-electron chi connectivity index (χ3n) is 6.40. The Morgan fingerprint density at radius 3 is 2.45 bits per heavy atom. The predicted octanol–water partition coefficient (Wildman–Crippen LogP) is 6.86. The van der Waals surface area contributed by atoms with E-state index in [-0.39, 0.29) is 4.91 Å². The summed E-state index contributed by atoms with van der Waals surface area (Å²) in [6.45, 7) is 3.10. The second kappa shape index (κ2) is 11.9. The molecule has 40 heavy (non-hydrogen) atoms. The summed E-state index contributed by atoms with van der Waals surface area (Å²) in [6, 6.07) is 21.1. The van der Waals surface area contributed by atoms with Crippen LogP contribution in [0.5, 0.6) is 11.5 Å². The summed E-state index contributed by atoms with van der Waals surface area (Å²) in [6.07, 6.45) is 3.65. The van der Waals surface area contributed by atoms with Gasteiger partial charge >= 0.3 is 5.97 Å². The normalized spacial score (nSPS) is 11.7. The summed E-state index contributed by atoms with van der Waals surface area (Å²) >= 11 is 7.26. The molecule has 5 aromatic rings. The number of fused-ring (bicyclic) bond motifs is 1. The molecule has 1 N–H and O–H groups in total. The quantitative estimate of drug-likeness (QED) is 0.144. The molecule has 0 aliphatic rings. The van der Waals surface area contributed by atoms with Crippen LogP contribution in [0.2, 0.25) is 5.02 Å². The second-order valence-corrected chi connectivity index (χ2v) is 10.4. The van der Waals surface area contributed by atoms with Crippen molar-refractivity contribution in [2.75, 3.05) is 14.2 Å². The van der Waals surface area contributed by atoms with Crippen LogP contribution in [0.25, 0.3) is 28.4 Å². The topological polar surface area (TPSA) is 91.4 Å². The maximum atomic E-state index is 12.4. The number of rotatable bonds is 10. The fourth-order valence-corrected chi connectivity index (χ4v) is 5.62. The maximum Gasteiger partial charge on any atom is 0.342 e. The summed E-state index contributed by atoms with van der Waals surface area (Å²) in [5.41, 5.74) is 3.59. The first-order valence-electron chi connectivity index (χ1n) is 12.5. The van der Waals surface area contributed by atoms with Gasteiger partial charge in [0.15, 0.2) is 11.0 Å². The number of hydrogen-bond acceptors (Lipinski definition) is 6. The van der Waals surface area contributed by atoms with Crippen molar-refractivity contribution in [3.8, 4) is 22.9 Å². The standard InChI is InChI=1S/C30H27ClN4O4S/c1-4-35-28(20-13-23(38-2)16-24(14-20)39-3)32-33-30(35)40-27(29(36)37)15-21-18-34(26-11-6-5-10-25(21)26)17-19-8-7-9-22(31)12-19/h5-16,18H,4,17H2,1-3H3,(H,36,37)/b27-15-. The SMILES string of the molecule is CCn1c(S/C(=C\c2cn(Cc3cccc(Cl)c3)c3ccccc23)C(=O)O)nnc1-c1cc(OC)cc(OC)c1. The van der Waals surface area contributed by atoms with Crippen molar-refractivity contribution in [1.29, 1.82) is 0 Å². The summed E-state index contributed by atoms with van der Waals surface area (Å²) in [5.74, 6) is 0.779. The van der Waals surface area contributed by atoms with E-state index < -0.39 is 5.97 Å². The van der Waals surface area contributed by atoms with E-state index in [9.17, 15) is 9.90 Å². The van der Waals surface area contributed by atoms with E-state index in [1.54, 1.807) is 26.4 Å². The average molecular weight is 575 g/mol. The van der Waals surface area contributed by atoms with E-state index in [0.29, 0.717) is 40.6 Å². The van der Waals surface area contributed by atoms with Gasteiger partial charge in [0.2, 0.25) is 0 Å². The molecule has 0 unspecified atom stereocenters. The molecule has 2 aromatic heterocycles. The highest BCUT2D eigenvalue weighted by Gasteiger charge is 2.20. The fraction of sp³-hybridized carbons (Fsp3) is 0.167. The lowest BCUT2D eigenvalue weighted by Crippen LogP contribution is -2.03. The van der Waals surface area contributed by atoms with Crippen molar-refractivity contribution >= 4 is 46.3 Å². The van der Waals surface area contributed by atoms with E-state index in [2.05, 4.69) is 14.8 Å². The Bertz CT molecular complexity index is 1700. The van der Waals surface area contributed by atoms with Gasteiger partial charge in [0.1, 0.15) is 16.4 Å². The molecule has 0 aliphatic heterocycles. The van der Waals surface area contributed by atoms with E-state index in [1.165, 1.54) is 0 Å². The first-order chi connectivity index (χ1) is 19.4. The molecule has 5 rings (SSSR count). The number of carboxylic acid groups (broad SMARTS) is 1. The van der Waals surface area contributed by atoms with Crippen molar-refractivity contribution < 1.29 is 19.4 Å². The lowest BCUT2D eigenvalue weighted by molar-refractivity contribution is -0.131. The largest absolute Gasteiger partial charge is 0.497 e. The number of carbonyl (C=O) groups is 1. The van der Waals surface area contributed by atoms with Crippen molar-refractivity contribution in [3.63, 3.8) is 0 Å². The summed E-state index contributed by atoms with van der Waals surface area (Å²) in [7, 11) is 3.17. The van der Waals surface area contributed by atoms with Crippen molar-refractivity contribution in [2.45, 2.75) is 25.2 Å². The Hall–Kier alpha value is -4.21. The smallest absolute Gasteiger partial charge is 0.342 e. The Balaban J connectivity index is 1.52. The van der Waals surface area contributed by atoms with Gasteiger partial charge in [0.25, 0.3) is 0 Å². The fourth-order valence-electron chi connectivity index (χ4n) is 4.53. The van der Waals surface area contributed by atoms with Gasteiger partial charge in [-0.1, -0.05) is 41.9 Å². The highest BCUT2D eigenvalue weighted by atomic mass is 35.5. The minimum atomic E-state index is -1.05. The van der Waals surface area contributed by atoms with Crippen LogP contribution in [-0.2, 0) is 17.9 Å². The summed E-state index contributed by atoms with van der Waals surface area (Å²) < 4.78 is 14.8. The van der Waals surface area contributed by atoms with Crippen LogP contribution in [0.15, 0.2) is 83.0 Å². The van der Waals surface area contributed by atoms with E-state index in [4.69, 9.17) is 21.1 Å². The molecular formula is C30H27ClN4O4S. The Morgan fingerprint density at radius 2 is 1.77 bits per heavy atom. The molecule has 0 bridgehead atoms. The highest BCUT2D eigenvalue weighted by molar-refractivity contribution is 8.04. The first-order valence-corrected chi connectivity index (χ1v) is 13.7. The maximum absolute atomic E-state index is 12.4. The first kappa shape index (κ1) is 27.4. The van der Waals surface area contributed by atoms with Gasteiger partial charge in [-0.3, -0.25) is 0 Å². The van der Waals surface area contributed by atoms with Crippen molar-refractivity contribution in [3.05, 3.63) is 94.0 Å². The van der Waals surface area contributed by atoms with Crippen LogP contribution in [0.1, 0.15) is 18.1 Å². The van der Waals surface area contributed by atoms with Crippen molar-refractivity contribution in [2.24, 2.45) is 0 Å². The Morgan fingerprint density at radius 1 is 1.02 bits per heavy atom. The zero-order valence-electron chi connectivity index (χ0n) is 22.2. The molecule has 0 saturated carbocycles. The van der Waals surface area contributed by atoms with E-state index >= 15 is 0 Å². The number of nitrogens with zero attached hydrogens (tertiary/aromatic N) is 4. The summed E-state index contributed by atoms with van der Waals surface area (Å²) in [5, 5.41) is 21.0. The van der Waals surface area contributed by atoms with Crippen molar-refractivity contribution in [1.82, 2.24) is 19.3 Å². The lowest BCUT2D eigenvalue weighted by Gasteiger charge is -2.10. The molecule has 0 aliphatic carbocycles. The minimum absolute atomic E-state index is 0.127. The van der Waals surface area contributed by atoms with Gasteiger partial charge in [-0.15, -0.1) is 10.2 Å². The minimum Gasteiger partial charge on any atom is -0.497 e. The number of aliphatic carboxylic acids is 1. The number of ether oxygens (including phenoxy) is 2. The molecule has 2 heterocycles. The lowest BCUT2D eigenvalue weighted by atomic mass is 10.1. The number of hydrogen-bond donors (Lipinski definition) is 1. The number of carboxylic acids is 1. The third kappa shape index (κ3) is 5.71. The summed E-state index contributed by atoms with van der Waals surface area (Å²) in [4.78, 5) is 12.5. The van der Waals surface area contributed by atoms with Crippen LogP contribution in [-0.4, -0.2) is 44.6 Å². The van der Waals surface area contributed by atoms with E-state index in [1.807, 2.05) is 78.4 Å².